The van der Waals surface area contributed by atoms with Gasteiger partial charge in [-0.3, -0.25) is 9.59 Å². The molecule has 1 aliphatic heterocycles. The Morgan fingerprint density at radius 3 is 2.31 bits per heavy atom. The summed E-state index contributed by atoms with van der Waals surface area (Å²) in [5, 5.41) is 3.02. The number of ether oxygens (including phenoxy) is 1. The van der Waals surface area contributed by atoms with E-state index in [-0.39, 0.29) is 29.9 Å². The van der Waals surface area contributed by atoms with E-state index in [1.165, 1.54) is 5.56 Å². The largest absolute Gasteiger partial charge is 0.484 e. The molecule has 1 N–H and O–H groups in total. The molecule has 0 aromatic heterocycles. The zero-order valence-electron chi connectivity index (χ0n) is 16.5. The minimum atomic E-state index is -0.351. The van der Waals surface area contributed by atoms with Gasteiger partial charge < -0.3 is 15.0 Å². The van der Waals surface area contributed by atoms with Gasteiger partial charge >= 0.3 is 0 Å². The Kier molecular flexibility index (Phi) is 7.06. The van der Waals surface area contributed by atoms with Gasteiger partial charge in [-0.2, -0.15) is 0 Å². The fourth-order valence-corrected chi connectivity index (χ4v) is 3.16. The molecule has 2 rings (SSSR count). The maximum absolute atomic E-state index is 12.3. The van der Waals surface area contributed by atoms with E-state index in [4.69, 9.17) is 4.74 Å². The number of rotatable bonds is 6. The lowest BCUT2D eigenvalue weighted by Crippen LogP contribution is -2.49. The highest BCUT2D eigenvalue weighted by Gasteiger charge is 2.30. The average molecular weight is 360 g/mol. The van der Waals surface area contributed by atoms with Crippen molar-refractivity contribution < 1.29 is 14.3 Å². The number of carbonyl (C=O) groups excluding carboxylic acids is 2. The normalized spacial score (nSPS) is 15.6. The smallest absolute Gasteiger partial charge is 0.258 e. The zero-order chi connectivity index (χ0) is 19.2. The van der Waals surface area contributed by atoms with Gasteiger partial charge in [0, 0.05) is 24.5 Å². The molecule has 26 heavy (non-hydrogen) atoms. The first-order valence-electron chi connectivity index (χ1n) is 9.60. The lowest BCUT2D eigenvalue weighted by Gasteiger charge is -2.36. The molecular formula is C21H32N2O3. The third-order valence-electron chi connectivity index (χ3n) is 4.62. The summed E-state index contributed by atoms with van der Waals surface area (Å²) in [6.45, 7) is 9.38. The van der Waals surface area contributed by atoms with Gasteiger partial charge in [0.1, 0.15) is 5.75 Å². The number of hydrogen-bond donors (Lipinski definition) is 1. The molecule has 1 heterocycles. The summed E-state index contributed by atoms with van der Waals surface area (Å²) in [5.74, 6) is 0.783. The number of amides is 2. The van der Waals surface area contributed by atoms with Crippen LogP contribution in [0, 0.1) is 5.41 Å². The van der Waals surface area contributed by atoms with Gasteiger partial charge in [-0.05, 0) is 37.0 Å². The Bertz CT molecular complexity index is 597. The molecule has 0 spiro atoms. The van der Waals surface area contributed by atoms with Crippen LogP contribution in [0.3, 0.4) is 0 Å². The minimum Gasteiger partial charge on any atom is -0.484 e. The Balaban J connectivity index is 1.71. The average Bonchev–Trinajstić information content (AvgIpc) is 2.61. The van der Waals surface area contributed by atoms with Crippen molar-refractivity contribution in [2.75, 3.05) is 19.7 Å². The number of hydrogen-bond acceptors (Lipinski definition) is 3. The summed E-state index contributed by atoms with van der Waals surface area (Å²) in [5.41, 5.74) is 0.928. The maximum atomic E-state index is 12.3. The molecule has 1 saturated heterocycles. The van der Waals surface area contributed by atoms with Gasteiger partial charge in [0.2, 0.25) is 5.91 Å². The molecule has 0 radical (unpaired) electrons. The quantitative estimate of drug-likeness (QED) is 0.848. The molecule has 5 nitrogen and oxygen atoms in total. The van der Waals surface area contributed by atoms with Crippen molar-refractivity contribution in [3.05, 3.63) is 29.8 Å². The van der Waals surface area contributed by atoms with E-state index < -0.39 is 0 Å². The number of nitrogens with zero attached hydrogens (tertiary/aromatic N) is 1. The summed E-state index contributed by atoms with van der Waals surface area (Å²) in [7, 11) is 0. The summed E-state index contributed by atoms with van der Waals surface area (Å²) < 4.78 is 5.57. The fourth-order valence-electron chi connectivity index (χ4n) is 3.16. The van der Waals surface area contributed by atoms with Crippen molar-refractivity contribution in [1.82, 2.24) is 10.2 Å². The molecular weight excluding hydrogens is 328 g/mol. The van der Waals surface area contributed by atoms with Crippen molar-refractivity contribution in [2.24, 2.45) is 5.41 Å². The van der Waals surface area contributed by atoms with Crippen LogP contribution in [-0.4, -0.2) is 42.5 Å². The highest BCUT2D eigenvalue weighted by molar-refractivity contribution is 5.81. The summed E-state index contributed by atoms with van der Waals surface area (Å²) in [4.78, 5) is 26.3. The first-order chi connectivity index (χ1) is 12.3. The molecule has 1 aromatic carbocycles. The van der Waals surface area contributed by atoms with Crippen molar-refractivity contribution in [3.8, 4) is 5.75 Å². The third kappa shape index (κ3) is 6.04. The van der Waals surface area contributed by atoms with Crippen molar-refractivity contribution in [3.63, 3.8) is 0 Å². The van der Waals surface area contributed by atoms with Crippen LogP contribution in [0.4, 0.5) is 0 Å². The number of piperidine rings is 1. The molecule has 1 aliphatic rings. The van der Waals surface area contributed by atoms with Crippen LogP contribution in [0.15, 0.2) is 24.3 Å². The fraction of sp³-hybridized carbons (Fsp3) is 0.619. The second kappa shape index (κ2) is 9.06. The number of benzene rings is 1. The van der Waals surface area contributed by atoms with E-state index >= 15 is 0 Å². The van der Waals surface area contributed by atoms with E-state index in [1.807, 2.05) is 49.9 Å². The van der Waals surface area contributed by atoms with E-state index in [9.17, 15) is 9.59 Å². The number of nitrogens with one attached hydrogen (secondary N) is 1. The van der Waals surface area contributed by atoms with Crippen LogP contribution in [0.2, 0.25) is 0 Å². The highest BCUT2D eigenvalue weighted by atomic mass is 16.5. The van der Waals surface area contributed by atoms with Crippen LogP contribution in [0.25, 0.3) is 0 Å². The van der Waals surface area contributed by atoms with Gasteiger partial charge in [0.15, 0.2) is 6.61 Å². The predicted octanol–water partition coefficient (Wildman–Crippen LogP) is 3.17. The van der Waals surface area contributed by atoms with Crippen molar-refractivity contribution in [2.45, 2.75) is 59.4 Å². The summed E-state index contributed by atoms with van der Waals surface area (Å²) in [6.07, 6.45) is 3.75. The molecule has 0 aliphatic carbocycles. The molecule has 1 aromatic rings. The van der Waals surface area contributed by atoms with Gasteiger partial charge in [0.25, 0.3) is 5.91 Å². The lowest BCUT2D eigenvalue weighted by atomic mass is 9.93. The Labute approximate surface area is 157 Å². The van der Waals surface area contributed by atoms with Crippen LogP contribution >= 0.6 is 0 Å². The molecule has 1 fully saturated rings. The van der Waals surface area contributed by atoms with E-state index in [2.05, 4.69) is 12.2 Å². The van der Waals surface area contributed by atoms with Crippen LogP contribution < -0.4 is 10.1 Å². The second-order valence-corrected chi connectivity index (χ2v) is 8.07. The van der Waals surface area contributed by atoms with E-state index in [0.29, 0.717) is 18.8 Å². The number of aryl methyl sites for hydroxylation is 1. The number of carbonyl (C=O) groups is 2. The molecule has 144 valence electrons. The summed E-state index contributed by atoms with van der Waals surface area (Å²) in [6, 6.07) is 8.02. The number of likely N-dealkylation sites (tertiary alicyclic amines) is 1. The predicted molar refractivity (Wildman–Crippen MR) is 103 cm³/mol. The third-order valence-corrected chi connectivity index (χ3v) is 4.62. The van der Waals surface area contributed by atoms with Crippen LogP contribution in [-0.2, 0) is 16.0 Å². The Hall–Kier alpha value is -2.04. The lowest BCUT2D eigenvalue weighted by molar-refractivity contribution is -0.140. The van der Waals surface area contributed by atoms with E-state index in [1.54, 1.807) is 0 Å². The van der Waals surface area contributed by atoms with Gasteiger partial charge in [-0.25, -0.2) is 0 Å². The van der Waals surface area contributed by atoms with Gasteiger partial charge in [0.05, 0.1) is 0 Å². The van der Waals surface area contributed by atoms with Crippen LogP contribution in [0.1, 0.15) is 52.5 Å². The molecule has 5 heteroatoms. The van der Waals surface area contributed by atoms with Crippen molar-refractivity contribution >= 4 is 11.8 Å². The molecule has 0 saturated carbocycles. The zero-order valence-corrected chi connectivity index (χ0v) is 16.5. The topological polar surface area (TPSA) is 58.6 Å². The standard InChI is InChI=1S/C21H32N2O3/c1-5-6-16-7-9-18(10-8-16)26-15-19(24)22-17-11-13-23(14-12-17)20(25)21(2,3)4/h7-10,17H,5-6,11-15H2,1-4H3,(H,22,24). The minimum absolute atomic E-state index is 0.0221. The Morgan fingerprint density at radius 1 is 1.15 bits per heavy atom. The first-order valence-corrected chi connectivity index (χ1v) is 9.60. The van der Waals surface area contributed by atoms with E-state index in [0.717, 1.165) is 25.7 Å². The van der Waals surface area contributed by atoms with Crippen LogP contribution in [0.5, 0.6) is 5.75 Å². The van der Waals surface area contributed by atoms with Gasteiger partial charge in [-0.15, -0.1) is 0 Å². The Morgan fingerprint density at radius 2 is 1.77 bits per heavy atom. The molecule has 2 amide bonds. The monoisotopic (exact) mass is 360 g/mol. The molecule has 0 atom stereocenters. The van der Waals surface area contributed by atoms with Gasteiger partial charge in [-0.1, -0.05) is 46.2 Å². The maximum Gasteiger partial charge on any atom is 0.258 e. The molecule has 0 unspecified atom stereocenters. The first kappa shape index (κ1) is 20.3. The molecule has 0 bridgehead atoms. The second-order valence-electron chi connectivity index (χ2n) is 8.07. The highest BCUT2D eigenvalue weighted by Crippen LogP contribution is 2.21. The SMILES string of the molecule is CCCc1ccc(OCC(=O)NC2CCN(C(=O)C(C)(C)C)CC2)cc1. The van der Waals surface area contributed by atoms with Crippen molar-refractivity contribution in [1.29, 1.82) is 0 Å². The summed E-state index contributed by atoms with van der Waals surface area (Å²) >= 11 is 0.